The number of halogens is 2. The molecule has 0 aromatic heterocycles. The fourth-order valence-corrected chi connectivity index (χ4v) is 1.73. The molecule has 0 saturated heterocycles. The van der Waals surface area contributed by atoms with Crippen LogP contribution in [0, 0.1) is 5.41 Å². The number of aliphatic hydroxyl groups excluding tert-OH is 1. The Morgan fingerprint density at radius 3 is 2.29 bits per heavy atom. The van der Waals surface area contributed by atoms with Gasteiger partial charge in [0.2, 0.25) is 0 Å². The van der Waals surface area contributed by atoms with Gasteiger partial charge < -0.3 is 10.8 Å². The minimum absolute atomic E-state index is 0. The molecule has 1 rings (SSSR count). The topological polar surface area (TPSA) is 46.2 Å². The third-order valence-electron chi connectivity index (χ3n) is 2.85. The Hall–Kier alpha value is -0.280. The third kappa shape index (κ3) is 4.84. The Bertz CT molecular complexity index is 350. The third-order valence-corrected chi connectivity index (χ3v) is 3.20. The van der Waals surface area contributed by atoms with Crippen molar-refractivity contribution in [3.8, 4) is 0 Å². The molecule has 1 aromatic rings. The lowest BCUT2D eigenvalue weighted by Gasteiger charge is -2.29. The number of benzene rings is 1. The lowest BCUT2D eigenvalue weighted by Crippen LogP contribution is -2.36. The predicted octanol–water partition coefficient (Wildman–Crippen LogP) is 3.56. The van der Waals surface area contributed by atoms with E-state index in [2.05, 4.69) is 20.8 Å². The molecule has 0 aliphatic rings. The smallest absolute Gasteiger partial charge is 0.0819 e. The van der Waals surface area contributed by atoms with Crippen LogP contribution in [-0.4, -0.2) is 11.1 Å². The van der Waals surface area contributed by atoms with Gasteiger partial charge in [0.15, 0.2) is 0 Å². The van der Waals surface area contributed by atoms with E-state index in [4.69, 9.17) is 17.3 Å². The van der Waals surface area contributed by atoms with E-state index in [0.29, 0.717) is 11.4 Å². The molecule has 17 heavy (non-hydrogen) atoms. The minimum Gasteiger partial charge on any atom is -0.388 e. The van der Waals surface area contributed by atoms with E-state index in [1.165, 1.54) is 0 Å². The van der Waals surface area contributed by atoms with E-state index in [-0.39, 0.29) is 23.9 Å². The van der Waals surface area contributed by atoms with Crippen molar-refractivity contribution in [1.29, 1.82) is 0 Å². The Balaban J connectivity index is 0.00000256. The Morgan fingerprint density at radius 1 is 1.29 bits per heavy atom. The van der Waals surface area contributed by atoms with E-state index < -0.39 is 6.10 Å². The van der Waals surface area contributed by atoms with Crippen LogP contribution in [0.1, 0.15) is 38.9 Å². The molecule has 0 heterocycles. The van der Waals surface area contributed by atoms with Crippen LogP contribution >= 0.6 is 24.0 Å². The maximum Gasteiger partial charge on any atom is 0.0819 e. The normalized spacial score (nSPS) is 14.9. The molecule has 0 aliphatic heterocycles. The van der Waals surface area contributed by atoms with Gasteiger partial charge in [-0.15, -0.1) is 12.4 Å². The first-order valence-electron chi connectivity index (χ1n) is 5.50. The highest BCUT2D eigenvalue weighted by molar-refractivity contribution is 6.31. The number of hydrogen-bond donors (Lipinski definition) is 2. The van der Waals surface area contributed by atoms with Crippen molar-refractivity contribution in [2.24, 2.45) is 11.1 Å². The number of rotatable bonds is 3. The lowest BCUT2D eigenvalue weighted by molar-refractivity contribution is 0.133. The molecule has 98 valence electrons. The molecule has 2 nitrogen and oxygen atoms in total. The second-order valence-electron chi connectivity index (χ2n) is 5.25. The first-order valence-corrected chi connectivity index (χ1v) is 5.88. The van der Waals surface area contributed by atoms with Crippen molar-refractivity contribution in [1.82, 2.24) is 0 Å². The molecule has 0 unspecified atom stereocenters. The summed E-state index contributed by atoms with van der Waals surface area (Å²) in [7, 11) is 0. The summed E-state index contributed by atoms with van der Waals surface area (Å²) in [5.41, 5.74) is 6.78. The highest BCUT2D eigenvalue weighted by Crippen LogP contribution is 2.29. The van der Waals surface area contributed by atoms with E-state index in [1.54, 1.807) is 6.07 Å². The zero-order valence-electron chi connectivity index (χ0n) is 10.5. The summed E-state index contributed by atoms with van der Waals surface area (Å²) >= 11 is 6.02. The number of aliphatic hydroxyl groups is 1. The van der Waals surface area contributed by atoms with Crippen LogP contribution in [0.15, 0.2) is 24.3 Å². The number of hydrogen-bond acceptors (Lipinski definition) is 2. The Labute approximate surface area is 115 Å². The molecule has 0 bridgehead atoms. The predicted molar refractivity (Wildman–Crippen MR) is 75.7 cm³/mol. The van der Waals surface area contributed by atoms with Gasteiger partial charge >= 0.3 is 0 Å². The Morgan fingerprint density at radius 2 is 1.82 bits per heavy atom. The van der Waals surface area contributed by atoms with Gasteiger partial charge in [0.05, 0.1) is 6.10 Å². The second kappa shape index (κ2) is 6.60. The molecular weight excluding hydrogens is 257 g/mol. The van der Waals surface area contributed by atoms with Crippen LogP contribution in [0.3, 0.4) is 0 Å². The van der Waals surface area contributed by atoms with Crippen LogP contribution in [-0.2, 0) is 0 Å². The second-order valence-corrected chi connectivity index (χ2v) is 5.65. The van der Waals surface area contributed by atoms with Gasteiger partial charge in [0.25, 0.3) is 0 Å². The van der Waals surface area contributed by atoms with E-state index in [9.17, 15) is 5.11 Å². The highest BCUT2D eigenvalue weighted by atomic mass is 35.5. The largest absolute Gasteiger partial charge is 0.388 e. The van der Waals surface area contributed by atoms with Crippen molar-refractivity contribution in [2.75, 3.05) is 0 Å². The molecule has 0 aliphatic carbocycles. The first-order chi connectivity index (χ1) is 7.32. The Kier molecular flexibility index (Phi) is 6.49. The standard InChI is InChI=1S/C13H20ClNO.ClH/c1-13(2,3)12(15)8-11(16)9-6-4-5-7-10(9)14;/h4-7,11-12,16H,8,15H2,1-3H3;1H/t11-,12+;/m1./s1. The molecular formula is C13H21Cl2NO. The maximum absolute atomic E-state index is 10.1. The molecule has 4 heteroatoms. The van der Waals surface area contributed by atoms with Crippen molar-refractivity contribution < 1.29 is 5.11 Å². The van der Waals surface area contributed by atoms with E-state index in [0.717, 1.165) is 5.56 Å². The summed E-state index contributed by atoms with van der Waals surface area (Å²) in [5.74, 6) is 0. The van der Waals surface area contributed by atoms with Crippen LogP contribution < -0.4 is 5.73 Å². The van der Waals surface area contributed by atoms with Gasteiger partial charge in [-0.1, -0.05) is 50.6 Å². The van der Waals surface area contributed by atoms with E-state index in [1.807, 2.05) is 18.2 Å². The first kappa shape index (κ1) is 16.7. The fourth-order valence-electron chi connectivity index (χ4n) is 1.47. The van der Waals surface area contributed by atoms with Crippen molar-refractivity contribution in [2.45, 2.75) is 39.3 Å². The summed E-state index contributed by atoms with van der Waals surface area (Å²) in [4.78, 5) is 0. The van der Waals surface area contributed by atoms with Crippen LogP contribution in [0.4, 0.5) is 0 Å². The molecule has 0 spiro atoms. The van der Waals surface area contributed by atoms with Gasteiger partial charge in [0, 0.05) is 11.1 Å². The lowest BCUT2D eigenvalue weighted by atomic mass is 9.83. The summed E-state index contributed by atoms with van der Waals surface area (Å²) in [5, 5.41) is 10.7. The molecule has 0 fully saturated rings. The quantitative estimate of drug-likeness (QED) is 0.888. The van der Waals surface area contributed by atoms with Crippen molar-refractivity contribution >= 4 is 24.0 Å². The van der Waals surface area contributed by atoms with Gasteiger partial charge in [-0.05, 0) is 23.5 Å². The van der Waals surface area contributed by atoms with Crippen LogP contribution in [0.5, 0.6) is 0 Å². The van der Waals surface area contributed by atoms with Gasteiger partial charge in [-0.25, -0.2) is 0 Å². The molecule has 0 saturated carbocycles. The van der Waals surface area contributed by atoms with Crippen LogP contribution in [0.2, 0.25) is 5.02 Å². The van der Waals surface area contributed by atoms with E-state index >= 15 is 0 Å². The van der Waals surface area contributed by atoms with Crippen molar-refractivity contribution in [3.63, 3.8) is 0 Å². The molecule has 0 amide bonds. The average Bonchev–Trinajstić information content (AvgIpc) is 2.16. The van der Waals surface area contributed by atoms with Gasteiger partial charge in [-0.2, -0.15) is 0 Å². The zero-order chi connectivity index (χ0) is 12.3. The summed E-state index contributed by atoms with van der Waals surface area (Å²) in [6, 6.07) is 7.28. The fraction of sp³-hybridized carbons (Fsp3) is 0.538. The maximum atomic E-state index is 10.1. The van der Waals surface area contributed by atoms with Crippen LogP contribution in [0.25, 0.3) is 0 Å². The minimum atomic E-state index is -0.595. The monoisotopic (exact) mass is 277 g/mol. The van der Waals surface area contributed by atoms with Gasteiger partial charge in [-0.3, -0.25) is 0 Å². The number of nitrogens with two attached hydrogens (primary N) is 1. The molecule has 1 aromatic carbocycles. The summed E-state index contributed by atoms with van der Waals surface area (Å²) in [6.07, 6.45) is -0.0734. The SMILES string of the molecule is CC(C)(C)[C@@H](N)C[C@@H](O)c1ccccc1Cl.Cl. The summed E-state index contributed by atoms with van der Waals surface area (Å²) < 4.78 is 0. The zero-order valence-corrected chi connectivity index (χ0v) is 12.1. The van der Waals surface area contributed by atoms with Gasteiger partial charge in [0.1, 0.15) is 0 Å². The average molecular weight is 278 g/mol. The molecule has 3 N–H and O–H groups in total. The van der Waals surface area contributed by atoms with Crippen molar-refractivity contribution in [3.05, 3.63) is 34.9 Å². The highest BCUT2D eigenvalue weighted by Gasteiger charge is 2.24. The molecule has 2 atom stereocenters. The summed E-state index contributed by atoms with van der Waals surface area (Å²) in [6.45, 7) is 6.20. The molecule has 0 radical (unpaired) electrons.